The summed E-state index contributed by atoms with van der Waals surface area (Å²) in [4.78, 5) is 45.1. The van der Waals surface area contributed by atoms with Crippen LogP contribution in [0.25, 0.3) is 0 Å². The van der Waals surface area contributed by atoms with Gasteiger partial charge in [-0.3, -0.25) is 14.4 Å². The summed E-state index contributed by atoms with van der Waals surface area (Å²) in [6, 6.07) is -1.02. The largest absolute Gasteiger partial charge is 0.481 e. The van der Waals surface area contributed by atoms with E-state index in [1.54, 1.807) is 6.92 Å². The molecule has 0 spiro atoms. The van der Waals surface area contributed by atoms with E-state index in [0.717, 1.165) is 44.9 Å². The lowest BCUT2D eigenvalue weighted by molar-refractivity contribution is -0.142. The van der Waals surface area contributed by atoms with Crippen molar-refractivity contribution in [1.29, 1.82) is 0 Å². The zero-order valence-corrected chi connectivity index (χ0v) is 19.1. The molecular formula is C23H42N2O6. The maximum absolute atomic E-state index is 12.0. The summed E-state index contributed by atoms with van der Waals surface area (Å²) in [6.45, 7) is 2.29. The van der Waals surface area contributed by atoms with E-state index in [1.807, 2.05) is 0 Å². The van der Waals surface area contributed by atoms with Crippen LogP contribution in [0.4, 0.5) is 0 Å². The average Bonchev–Trinajstić information content (AvgIpc) is 2.71. The van der Waals surface area contributed by atoms with E-state index in [9.17, 15) is 24.3 Å². The zero-order valence-electron chi connectivity index (χ0n) is 19.1. The van der Waals surface area contributed by atoms with Gasteiger partial charge in [-0.2, -0.15) is 0 Å². The van der Waals surface area contributed by atoms with Gasteiger partial charge in [-0.1, -0.05) is 64.2 Å². The minimum atomic E-state index is -1.11. The second kappa shape index (κ2) is 19.8. The molecule has 0 radical (unpaired) electrons. The van der Waals surface area contributed by atoms with Gasteiger partial charge in [0.15, 0.2) is 0 Å². The predicted octanol–water partition coefficient (Wildman–Crippen LogP) is 4.02. The number of hydrogen-bond donors (Lipinski definition) is 4. The van der Waals surface area contributed by atoms with Gasteiger partial charge in [0, 0.05) is 25.8 Å². The molecule has 0 unspecified atom stereocenters. The molecular weight excluding hydrogens is 400 g/mol. The SMILES string of the molecule is CCNC(=O)CC[C@H](NC(=O)CCCCCCCCCCCCCCC(=O)O)C(=O)O. The van der Waals surface area contributed by atoms with Gasteiger partial charge >= 0.3 is 11.9 Å². The number of rotatable bonds is 21. The molecule has 0 aromatic heterocycles. The number of nitrogens with one attached hydrogen (secondary N) is 2. The smallest absolute Gasteiger partial charge is 0.326 e. The van der Waals surface area contributed by atoms with Gasteiger partial charge < -0.3 is 20.8 Å². The summed E-state index contributed by atoms with van der Waals surface area (Å²) in [5, 5.41) is 22.9. The van der Waals surface area contributed by atoms with Gasteiger partial charge in [0.1, 0.15) is 6.04 Å². The number of amides is 2. The molecule has 180 valence electrons. The molecule has 0 aliphatic rings. The first-order valence-corrected chi connectivity index (χ1v) is 11.9. The Hall–Kier alpha value is -2.12. The van der Waals surface area contributed by atoms with E-state index in [0.29, 0.717) is 13.0 Å². The second-order valence-electron chi connectivity index (χ2n) is 8.09. The van der Waals surface area contributed by atoms with Crippen LogP contribution >= 0.6 is 0 Å². The standard InChI is InChI=1S/C23H42N2O6/c1-2-24-20(26)18-17-19(23(30)31)25-21(27)15-13-11-9-7-5-3-4-6-8-10-12-14-16-22(28)29/h19H,2-18H2,1H3,(H,24,26)(H,25,27)(H,28,29)(H,30,31)/t19-/m0/s1. The third-order valence-electron chi connectivity index (χ3n) is 5.21. The zero-order chi connectivity index (χ0) is 23.3. The number of aliphatic carboxylic acids is 2. The van der Waals surface area contributed by atoms with Crippen LogP contribution in [0, 0.1) is 0 Å². The Morgan fingerprint density at radius 3 is 1.52 bits per heavy atom. The number of carbonyl (C=O) groups excluding carboxylic acids is 2. The van der Waals surface area contributed by atoms with Crippen LogP contribution < -0.4 is 10.6 Å². The van der Waals surface area contributed by atoms with Crippen molar-refractivity contribution in [2.24, 2.45) is 0 Å². The summed E-state index contributed by atoms with van der Waals surface area (Å²) in [5.41, 5.74) is 0. The van der Waals surface area contributed by atoms with Crippen LogP contribution in [0.15, 0.2) is 0 Å². The molecule has 0 heterocycles. The molecule has 0 aromatic rings. The molecule has 0 bridgehead atoms. The maximum atomic E-state index is 12.0. The summed E-state index contributed by atoms with van der Waals surface area (Å²) >= 11 is 0. The molecule has 0 saturated heterocycles. The van der Waals surface area contributed by atoms with Gasteiger partial charge in [0.25, 0.3) is 0 Å². The van der Waals surface area contributed by atoms with Crippen molar-refractivity contribution in [2.75, 3.05) is 6.54 Å². The highest BCUT2D eigenvalue weighted by Gasteiger charge is 2.20. The van der Waals surface area contributed by atoms with E-state index in [1.165, 1.54) is 32.1 Å². The molecule has 8 nitrogen and oxygen atoms in total. The Balaban J connectivity index is 3.58. The Labute approximate surface area is 186 Å². The number of carbonyl (C=O) groups is 4. The Morgan fingerprint density at radius 1 is 0.645 bits per heavy atom. The van der Waals surface area contributed by atoms with Crippen LogP contribution in [0.5, 0.6) is 0 Å². The monoisotopic (exact) mass is 442 g/mol. The lowest BCUT2D eigenvalue weighted by Gasteiger charge is -2.14. The molecule has 2 amide bonds. The normalized spacial score (nSPS) is 11.6. The molecule has 0 rings (SSSR count). The summed E-state index contributed by atoms with van der Waals surface area (Å²) in [5.74, 6) is -2.30. The Morgan fingerprint density at radius 2 is 1.10 bits per heavy atom. The van der Waals surface area contributed by atoms with Crippen LogP contribution in [0.1, 0.15) is 110 Å². The van der Waals surface area contributed by atoms with Gasteiger partial charge in [0.2, 0.25) is 11.8 Å². The summed E-state index contributed by atoms with van der Waals surface area (Å²) < 4.78 is 0. The minimum absolute atomic E-state index is 0.0792. The minimum Gasteiger partial charge on any atom is -0.481 e. The lowest BCUT2D eigenvalue weighted by Crippen LogP contribution is -2.41. The van der Waals surface area contributed by atoms with Gasteiger partial charge in [-0.25, -0.2) is 4.79 Å². The molecule has 0 fully saturated rings. The number of carboxylic acid groups (broad SMARTS) is 2. The predicted molar refractivity (Wildman–Crippen MR) is 120 cm³/mol. The highest BCUT2D eigenvalue weighted by Crippen LogP contribution is 2.13. The molecule has 8 heteroatoms. The molecule has 1 atom stereocenters. The van der Waals surface area contributed by atoms with Crippen molar-refractivity contribution >= 4 is 23.8 Å². The molecule has 0 saturated carbocycles. The van der Waals surface area contributed by atoms with Gasteiger partial charge in [0.05, 0.1) is 0 Å². The fraction of sp³-hybridized carbons (Fsp3) is 0.826. The van der Waals surface area contributed by atoms with Crippen molar-refractivity contribution in [2.45, 2.75) is 116 Å². The topological polar surface area (TPSA) is 133 Å². The Bertz CT molecular complexity index is 524. The first-order valence-electron chi connectivity index (χ1n) is 11.9. The van der Waals surface area contributed by atoms with Crippen molar-refractivity contribution in [3.8, 4) is 0 Å². The fourth-order valence-electron chi connectivity index (χ4n) is 3.41. The lowest BCUT2D eigenvalue weighted by atomic mass is 10.0. The van der Waals surface area contributed by atoms with Crippen LogP contribution in [-0.4, -0.2) is 46.6 Å². The fourth-order valence-corrected chi connectivity index (χ4v) is 3.41. The Kier molecular flexibility index (Phi) is 18.5. The van der Waals surface area contributed by atoms with E-state index in [4.69, 9.17) is 5.11 Å². The van der Waals surface area contributed by atoms with Crippen molar-refractivity contribution in [3.63, 3.8) is 0 Å². The molecule has 4 N–H and O–H groups in total. The van der Waals surface area contributed by atoms with Crippen LogP contribution in [-0.2, 0) is 19.2 Å². The number of hydrogen-bond acceptors (Lipinski definition) is 4. The number of unbranched alkanes of at least 4 members (excludes halogenated alkanes) is 11. The molecule has 0 aliphatic heterocycles. The molecule has 31 heavy (non-hydrogen) atoms. The average molecular weight is 443 g/mol. The van der Waals surface area contributed by atoms with Crippen molar-refractivity contribution in [3.05, 3.63) is 0 Å². The van der Waals surface area contributed by atoms with Crippen LogP contribution in [0.3, 0.4) is 0 Å². The third-order valence-corrected chi connectivity index (χ3v) is 5.21. The maximum Gasteiger partial charge on any atom is 0.326 e. The number of carboxylic acids is 2. The van der Waals surface area contributed by atoms with E-state index in [-0.39, 0.29) is 31.1 Å². The molecule has 0 aromatic carbocycles. The third kappa shape index (κ3) is 19.6. The van der Waals surface area contributed by atoms with Crippen LogP contribution in [0.2, 0.25) is 0 Å². The second-order valence-corrected chi connectivity index (χ2v) is 8.09. The van der Waals surface area contributed by atoms with Crippen molar-refractivity contribution in [1.82, 2.24) is 10.6 Å². The molecule has 0 aliphatic carbocycles. The first-order chi connectivity index (χ1) is 14.9. The summed E-state index contributed by atoms with van der Waals surface area (Å²) in [6.07, 6.45) is 13.6. The summed E-state index contributed by atoms with van der Waals surface area (Å²) in [7, 11) is 0. The van der Waals surface area contributed by atoms with E-state index >= 15 is 0 Å². The van der Waals surface area contributed by atoms with E-state index in [2.05, 4.69) is 10.6 Å². The van der Waals surface area contributed by atoms with Crippen molar-refractivity contribution < 1.29 is 29.4 Å². The first kappa shape index (κ1) is 28.9. The highest BCUT2D eigenvalue weighted by molar-refractivity contribution is 5.84. The highest BCUT2D eigenvalue weighted by atomic mass is 16.4. The van der Waals surface area contributed by atoms with Gasteiger partial charge in [-0.05, 0) is 26.2 Å². The quantitative estimate of drug-likeness (QED) is 0.198. The van der Waals surface area contributed by atoms with E-state index < -0.39 is 18.0 Å². The van der Waals surface area contributed by atoms with Gasteiger partial charge in [-0.15, -0.1) is 0 Å².